The van der Waals surface area contributed by atoms with Crippen LogP contribution in [0.3, 0.4) is 0 Å². The molecule has 0 aliphatic rings. The van der Waals surface area contributed by atoms with E-state index in [1.54, 1.807) is 22.8 Å². The van der Waals surface area contributed by atoms with Crippen molar-refractivity contribution in [2.75, 3.05) is 11.9 Å². The van der Waals surface area contributed by atoms with Gasteiger partial charge in [-0.3, -0.25) is 9.48 Å². The fraction of sp³-hybridized carbons (Fsp3) is 0.238. The lowest BCUT2D eigenvalue weighted by molar-refractivity contribution is 0.102. The molecule has 3 aromatic heterocycles. The normalized spacial score (nSPS) is 11.0. The molecule has 29 heavy (non-hydrogen) atoms. The minimum absolute atomic E-state index is 0.269. The van der Waals surface area contributed by atoms with E-state index in [1.165, 1.54) is 6.20 Å². The van der Waals surface area contributed by atoms with Crippen molar-refractivity contribution in [2.45, 2.75) is 27.3 Å². The Balaban J connectivity index is 1.65. The smallest absolute Gasteiger partial charge is 0.261 e. The zero-order valence-electron chi connectivity index (χ0n) is 16.6. The van der Waals surface area contributed by atoms with E-state index in [0.717, 1.165) is 29.2 Å². The van der Waals surface area contributed by atoms with E-state index < -0.39 is 0 Å². The number of benzene rings is 1. The second-order valence-corrected chi connectivity index (χ2v) is 6.52. The number of nitrogens with one attached hydrogen (secondary N) is 1. The summed E-state index contributed by atoms with van der Waals surface area (Å²) in [5.41, 5.74) is 4.27. The molecule has 0 unspecified atom stereocenters. The molecule has 0 saturated carbocycles. The summed E-state index contributed by atoms with van der Waals surface area (Å²) in [6.07, 6.45) is 5.20. The second-order valence-electron chi connectivity index (χ2n) is 6.52. The molecule has 0 atom stereocenters. The van der Waals surface area contributed by atoms with Gasteiger partial charge in [0, 0.05) is 30.2 Å². The molecular weight excluding hydrogens is 368 g/mol. The SMILES string of the molecule is CCOc1ccc(NC(=O)c2cnn3c(-c4cn(CC)nc4C)ccnc23)cc1. The van der Waals surface area contributed by atoms with E-state index >= 15 is 0 Å². The Morgan fingerprint density at radius 2 is 1.97 bits per heavy atom. The number of aromatic nitrogens is 5. The molecule has 4 aromatic rings. The maximum atomic E-state index is 12.8. The van der Waals surface area contributed by atoms with Crippen LogP contribution in [0.4, 0.5) is 5.69 Å². The van der Waals surface area contributed by atoms with Gasteiger partial charge in [0.15, 0.2) is 5.65 Å². The summed E-state index contributed by atoms with van der Waals surface area (Å²) >= 11 is 0. The van der Waals surface area contributed by atoms with Crippen molar-refractivity contribution < 1.29 is 9.53 Å². The highest BCUT2D eigenvalue weighted by Gasteiger charge is 2.18. The van der Waals surface area contributed by atoms with Crippen LogP contribution in [0.5, 0.6) is 5.75 Å². The molecule has 148 valence electrons. The first kappa shape index (κ1) is 18.7. The van der Waals surface area contributed by atoms with Crippen LogP contribution in [0.25, 0.3) is 16.9 Å². The molecule has 4 rings (SSSR count). The van der Waals surface area contributed by atoms with Crippen LogP contribution in [0.2, 0.25) is 0 Å². The maximum Gasteiger partial charge on any atom is 0.261 e. The zero-order chi connectivity index (χ0) is 20.4. The van der Waals surface area contributed by atoms with E-state index in [9.17, 15) is 4.79 Å². The number of hydrogen-bond acceptors (Lipinski definition) is 5. The molecule has 1 amide bonds. The third-order valence-corrected chi connectivity index (χ3v) is 4.62. The average molecular weight is 390 g/mol. The zero-order valence-corrected chi connectivity index (χ0v) is 16.6. The van der Waals surface area contributed by atoms with Crippen LogP contribution >= 0.6 is 0 Å². The van der Waals surface area contributed by atoms with Crippen LogP contribution in [0.15, 0.2) is 48.9 Å². The van der Waals surface area contributed by atoms with Crippen molar-refractivity contribution in [1.82, 2.24) is 24.4 Å². The number of rotatable bonds is 6. The van der Waals surface area contributed by atoms with E-state index in [2.05, 4.69) is 20.5 Å². The van der Waals surface area contributed by atoms with Crippen molar-refractivity contribution >= 4 is 17.2 Å². The Labute approximate surface area is 168 Å². The van der Waals surface area contributed by atoms with Gasteiger partial charge in [-0.2, -0.15) is 10.2 Å². The molecule has 8 heteroatoms. The van der Waals surface area contributed by atoms with Crippen molar-refractivity contribution in [3.05, 3.63) is 60.2 Å². The number of aryl methyl sites for hydroxylation is 2. The van der Waals surface area contributed by atoms with Gasteiger partial charge < -0.3 is 10.1 Å². The van der Waals surface area contributed by atoms with E-state index in [1.807, 2.05) is 49.8 Å². The Morgan fingerprint density at radius 1 is 1.17 bits per heavy atom. The summed E-state index contributed by atoms with van der Waals surface area (Å²) in [6, 6.07) is 9.11. The number of hydrogen-bond donors (Lipinski definition) is 1. The first-order chi connectivity index (χ1) is 14.1. The van der Waals surface area contributed by atoms with Gasteiger partial charge in [0.2, 0.25) is 0 Å². The summed E-state index contributed by atoms with van der Waals surface area (Å²) in [5, 5.41) is 11.8. The lowest BCUT2D eigenvalue weighted by Gasteiger charge is -2.07. The number of carbonyl (C=O) groups is 1. The molecule has 0 bridgehead atoms. The van der Waals surface area contributed by atoms with Gasteiger partial charge in [-0.15, -0.1) is 0 Å². The molecule has 0 saturated heterocycles. The van der Waals surface area contributed by atoms with Crippen molar-refractivity contribution in [1.29, 1.82) is 0 Å². The maximum absolute atomic E-state index is 12.8. The predicted molar refractivity (Wildman–Crippen MR) is 110 cm³/mol. The number of anilines is 1. The van der Waals surface area contributed by atoms with Gasteiger partial charge in [0.25, 0.3) is 5.91 Å². The molecule has 8 nitrogen and oxygen atoms in total. The van der Waals surface area contributed by atoms with Crippen LogP contribution in [-0.2, 0) is 6.54 Å². The van der Waals surface area contributed by atoms with Gasteiger partial charge in [-0.25, -0.2) is 9.50 Å². The van der Waals surface area contributed by atoms with E-state index in [0.29, 0.717) is 23.5 Å². The molecular formula is C21H22N6O2. The van der Waals surface area contributed by atoms with Crippen LogP contribution in [0, 0.1) is 6.92 Å². The Bertz CT molecular complexity index is 1160. The number of ether oxygens (including phenoxy) is 1. The first-order valence-electron chi connectivity index (χ1n) is 9.52. The first-order valence-corrected chi connectivity index (χ1v) is 9.52. The van der Waals surface area contributed by atoms with E-state index in [-0.39, 0.29) is 5.91 Å². The molecule has 1 N–H and O–H groups in total. The van der Waals surface area contributed by atoms with Gasteiger partial charge in [-0.1, -0.05) is 0 Å². The van der Waals surface area contributed by atoms with Crippen LogP contribution in [-0.4, -0.2) is 36.9 Å². The minimum atomic E-state index is -0.269. The summed E-state index contributed by atoms with van der Waals surface area (Å²) in [7, 11) is 0. The molecule has 0 aliphatic heterocycles. The van der Waals surface area contributed by atoms with E-state index in [4.69, 9.17) is 4.74 Å². The highest BCUT2D eigenvalue weighted by molar-refractivity contribution is 6.08. The highest BCUT2D eigenvalue weighted by atomic mass is 16.5. The minimum Gasteiger partial charge on any atom is -0.494 e. The largest absolute Gasteiger partial charge is 0.494 e. The van der Waals surface area contributed by atoms with Crippen LogP contribution in [0.1, 0.15) is 29.9 Å². The van der Waals surface area contributed by atoms with Crippen molar-refractivity contribution in [3.63, 3.8) is 0 Å². The number of amides is 1. The van der Waals surface area contributed by atoms with Gasteiger partial charge in [-0.05, 0) is 51.1 Å². The molecule has 0 fully saturated rings. The van der Waals surface area contributed by atoms with Gasteiger partial charge >= 0.3 is 0 Å². The summed E-state index contributed by atoms with van der Waals surface area (Å²) in [4.78, 5) is 17.2. The molecule has 1 aromatic carbocycles. The van der Waals surface area contributed by atoms with Crippen molar-refractivity contribution in [2.24, 2.45) is 0 Å². The predicted octanol–water partition coefficient (Wildman–Crippen LogP) is 3.57. The average Bonchev–Trinajstić information content (AvgIpc) is 3.33. The van der Waals surface area contributed by atoms with Gasteiger partial charge in [0.1, 0.15) is 11.3 Å². The lowest BCUT2D eigenvalue weighted by atomic mass is 10.2. The lowest BCUT2D eigenvalue weighted by Crippen LogP contribution is -2.12. The Hall–Kier alpha value is -3.68. The monoisotopic (exact) mass is 390 g/mol. The van der Waals surface area contributed by atoms with Gasteiger partial charge in [0.05, 0.1) is 24.2 Å². The molecule has 3 heterocycles. The molecule has 0 spiro atoms. The number of fused-ring (bicyclic) bond motifs is 1. The van der Waals surface area contributed by atoms with Crippen molar-refractivity contribution in [3.8, 4) is 17.0 Å². The second kappa shape index (κ2) is 7.75. The fourth-order valence-corrected chi connectivity index (χ4v) is 3.19. The Kier molecular flexibility index (Phi) is 4.99. The Morgan fingerprint density at radius 3 is 2.66 bits per heavy atom. The highest BCUT2D eigenvalue weighted by Crippen LogP contribution is 2.24. The standard InChI is InChI=1S/C21H22N6O2/c1-4-26-13-18(14(3)25-26)19-10-11-22-20-17(12-23-27(19)20)21(28)24-15-6-8-16(9-7-15)29-5-2/h6-13H,4-5H2,1-3H3,(H,24,28). The number of carbonyl (C=O) groups excluding carboxylic acids is 1. The summed E-state index contributed by atoms with van der Waals surface area (Å²) in [5.74, 6) is 0.491. The summed E-state index contributed by atoms with van der Waals surface area (Å²) in [6.45, 7) is 7.30. The van der Waals surface area contributed by atoms with Crippen LogP contribution < -0.4 is 10.1 Å². The summed E-state index contributed by atoms with van der Waals surface area (Å²) < 4.78 is 8.98. The third-order valence-electron chi connectivity index (χ3n) is 4.62. The number of nitrogens with zero attached hydrogens (tertiary/aromatic N) is 5. The molecule has 0 aliphatic carbocycles. The third kappa shape index (κ3) is 3.56. The quantitative estimate of drug-likeness (QED) is 0.544. The topological polar surface area (TPSA) is 86.3 Å². The molecule has 0 radical (unpaired) electrons. The fourth-order valence-electron chi connectivity index (χ4n) is 3.19.